The summed E-state index contributed by atoms with van der Waals surface area (Å²) in [5, 5.41) is 2.85. The van der Waals surface area contributed by atoms with Gasteiger partial charge in [0.25, 0.3) is 5.91 Å². The van der Waals surface area contributed by atoms with E-state index in [9.17, 15) is 4.79 Å². The van der Waals surface area contributed by atoms with Gasteiger partial charge in [-0.05, 0) is 64.8 Å². The van der Waals surface area contributed by atoms with Crippen LogP contribution < -0.4 is 10.1 Å². The maximum atomic E-state index is 12.3. The van der Waals surface area contributed by atoms with Gasteiger partial charge in [0.2, 0.25) is 0 Å². The van der Waals surface area contributed by atoms with Crippen LogP contribution in [0.3, 0.4) is 0 Å². The number of ether oxygens (including phenoxy) is 1. The molecule has 0 aliphatic rings. The maximum Gasteiger partial charge on any atom is 0.257 e. The van der Waals surface area contributed by atoms with E-state index >= 15 is 0 Å². The van der Waals surface area contributed by atoms with Gasteiger partial charge < -0.3 is 10.1 Å². The van der Waals surface area contributed by atoms with Crippen LogP contribution in [0.1, 0.15) is 50.7 Å². The number of hydrogen-bond donors (Lipinski definition) is 1. The van der Waals surface area contributed by atoms with Gasteiger partial charge in [0.1, 0.15) is 11.4 Å². The van der Waals surface area contributed by atoms with E-state index in [0.29, 0.717) is 16.9 Å². The zero-order valence-electron chi connectivity index (χ0n) is 15.4. The first-order valence-electron chi connectivity index (χ1n) is 8.30. The van der Waals surface area contributed by atoms with E-state index < -0.39 is 0 Å². The third kappa shape index (κ3) is 6.31. The van der Waals surface area contributed by atoms with Crippen LogP contribution in [-0.2, 0) is 0 Å². The van der Waals surface area contributed by atoms with Crippen molar-refractivity contribution in [1.29, 1.82) is 0 Å². The molecule has 2 aromatic rings. The summed E-state index contributed by atoms with van der Waals surface area (Å²) in [6.07, 6.45) is 1.62. The first kappa shape index (κ1) is 18.5. The van der Waals surface area contributed by atoms with Crippen molar-refractivity contribution in [2.45, 2.75) is 40.7 Å². The highest BCUT2D eigenvalue weighted by Crippen LogP contribution is 2.19. The van der Waals surface area contributed by atoms with E-state index in [1.807, 2.05) is 52.8 Å². The van der Waals surface area contributed by atoms with Crippen LogP contribution in [0.15, 0.2) is 42.6 Å². The Kier molecular flexibility index (Phi) is 5.82. The van der Waals surface area contributed by atoms with Crippen molar-refractivity contribution in [3.63, 3.8) is 0 Å². The molecular formula is C21H24N2O2. The number of aromatic nitrogens is 1. The molecule has 0 saturated carbocycles. The lowest BCUT2D eigenvalue weighted by molar-refractivity contribution is 0.102. The molecule has 0 aliphatic carbocycles. The van der Waals surface area contributed by atoms with Crippen molar-refractivity contribution in [3.05, 3.63) is 53.9 Å². The Hall–Kier alpha value is -2.80. The molecule has 1 N–H and O–H groups in total. The third-order valence-corrected chi connectivity index (χ3v) is 3.05. The Bertz CT molecular complexity index is 791. The van der Waals surface area contributed by atoms with Crippen molar-refractivity contribution < 1.29 is 9.53 Å². The quantitative estimate of drug-likeness (QED) is 0.835. The number of pyridine rings is 1. The van der Waals surface area contributed by atoms with Crippen LogP contribution in [0, 0.1) is 17.3 Å². The lowest BCUT2D eigenvalue weighted by atomic mass is 9.98. The Balaban J connectivity index is 2.07. The second-order valence-corrected chi connectivity index (χ2v) is 7.08. The van der Waals surface area contributed by atoms with Crippen LogP contribution in [0.4, 0.5) is 5.69 Å². The van der Waals surface area contributed by atoms with Gasteiger partial charge in [-0.1, -0.05) is 12.0 Å². The second-order valence-electron chi connectivity index (χ2n) is 7.08. The number of carbonyl (C=O) groups is 1. The number of carbonyl (C=O) groups excluding carboxylic acids is 1. The summed E-state index contributed by atoms with van der Waals surface area (Å²) >= 11 is 0. The Morgan fingerprint density at radius 1 is 1.20 bits per heavy atom. The van der Waals surface area contributed by atoms with E-state index in [2.05, 4.69) is 22.1 Å². The second kappa shape index (κ2) is 7.85. The molecule has 0 fully saturated rings. The van der Waals surface area contributed by atoms with Crippen molar-refractivity contribution in [3.8, 4) is 17.6 Å². The Morgan fingerprint density at radius 3 is 2.56 bits per heavy atom. The number of rotatable bonds is 4. The Labute approximate surface area is 149 Å². The number of hydrogen-bond acceptors (Lipinski definition) is 3. The number of amides is 1. The first-order valence-corrected chi connectivity index (χ1v) is 8.30. The molecule has 25 heavy (non-hydrogen) atoms. The predicted octanol–water partition coefficient (Wildman–Crippen LogP) is 4.52. The molecule has 4 nitrogen and oxygen atoms in total. The van der Waals surface area contributed by atoms with Crippen molar-refractivity contribution >= 4 is 11.6 Å². The highest BCUT2D eigenvalue weighted by Gasteiger charge is 2.08. The minimum atomic E-state index is -0.218. The van der Waals surface area contributed by atoms with E-state index in [-0.39, 0.29) is 17.4 Å². The Morgan fingerprint density at radius 2 is 1.96 bits per heavy atom. The summed E-state index contributed by atoms with van der Waals surface area (Å²) in [6, 6.07) is 10.8. The molecule has 130 valence electrons. The molecule has 1 aromatic heterocycles. The first-order chi connectivity index (χ1) is 11.7. The van der Waals surface area contributed by atoms with Gasteiger partial charge in [0, 0.05) is 23.4 Å². The van der Waals surface area contributed by atoms with Crippen LogP contribution in [0.25, 0.3) is 0 Å². The molecule has 2 rings (SSSR count). The SMILES string of the molecule is CC(C)Oc1cccc(NC(=O)c2ccc(C#CC(C)(C)C)nc2)c1. The number of anilines is 1. The molecule has 0 unspecified atom stereocenters. The average molecular weight is 336 g/mol. The summed E-state index contributed by atoms with van der Waals surface area (Å²) < 4.78 is 5.63. The molecule has 0 bridgehead atoms. The number of nitrogens with one attached hydrogen (secondary N) is 1. The molecule has 1 amide bonds. The smallest absolute Gasteiger partial charge is 0.257 e. The van der Waals surface area contributed by atoms with E-state index in [1.54, 1.807) is 18.2 Å². The third-order valence-electron chi connectivity index (χ3n) is 3.05. The minimum Gasteiger partial charge on any atom is -0.491 e. The van der Waals surface area contributed by atoms with Crippen molar-refractivity contribution in [2.75, 3.05) is 5.32 Å². The monoisotopic (exact) mass is 336 g/mol. The molecular weight excluding hydrogens is 312 g/mol. The van der Waals surface area contributed by atoms with E-state index in [1.165, 1.54) is 6.20 Å². The van der Waals surface area contributed by atoms with Gasteiger partial charge in [-0.15, -0.1) is 0 Å². The fourth-order valence-electron chi connectivity index (χ4n) is 1.98. The summed E-state index contributed by atoms with van der Waals surface area (Å²) in [4.78, 5) is 16.6. The minimum absolute atomic E-state index is 0.0805. The standard InChI is InChI=1S/C21H24N2O2/c1-15(2)25-19-8-6-7-18(13-19)23-20(24)16-9-10-17(22-14-16)11-12-21(3,4)5/h6-10,13-15H,1-5H3,(H,23,24). The lowest BCUT2D eigenvalue weighted by Gasteiger charge is -2.11. The maximum absolute atomic E-state index is 12.3. The highest BCUT2D eigenvalue weighted by atomic mass is 16.5. The molecule has 0 radical (unpaired) electrons. The van der Waals surface area contributed by atoms with Gasteiger partial charge in [-0.3, -0.25) is 4.79 Å². The molecule has 0 atom stereocenters. The average Bonchev–Trinajstić information content (AvgIpc) is 2.52. The van der Waals surface area contributed by atoms with Crippen LogP contribution in [0.5, 0.6) is 5.75 Å². The summed E-state index contributed by atoms with van der Waals surface area (Å²) in [7, 11) is 0. The largest absolute Gasteiger partial charge is 0.491 e. The predicted molar refractivity (Wildman–Crippen MR) is 101 cm³/mol. The van der Waals surface area contributed by atoms with E-state index in [4.69, 9.17) is 4.74 Å². The number of nitrogens with zero attached hydrogens (tertiary/aromatic N) is 1. The fourth-order valence-corrected chi connectivity index (χ4v) is 1.98. The van der Waals surface area contributed by atoms with Gasteiger partial charge in [-0.2, -0.15) is 0 Å². The lowest BCUT2D eigenvalue weighted by Crippen LogP contribution is -2.12. The normalized spacial score (nSPS) is 10.8. The molecule has 0 aliphatic heterocycles. The van der Waals surface area contributed by atoms with Crippen molar-refractivity contribution in [1.82, 2.24) is 4.98 Å². The number of benzene rings is 1. The van der Waals surface area contributed by atoms with Gasteiger partial charge in [0.05, 0.1) is 11.7 Å². The molecule has 4 heteroatoms. The van der Waals surface area contributed by atoms with Crippen LogP contribution in [-0.4, -0.2) is 17.0 Å². The fraction of sp³-hybridized carbons (Fsp3) is 0.333. The molecule has 1 heterocycles. The molecule has 0 spiro atoms. The highest BCUT2D eigenvalue weighted by molar-refractivity contribution is 6.04. The van der Waals surface area contributed by atoms with Crippen LogP contribution in [0.2, 0.25) is 0 Å². The molecule has 1 aromatic carbocycles. The van der Waals surface area contributed by atoms with Crippen LogP contribution >= 0.6 is 0 Å². The van der Waals surface area contributed by atoms with E-state index in [0.717, 1.165) is 5.75 Å². The summed E-state index contributed by atoms with van der Waals surface area (Å²) in [5.74, 6) is 6.64. The zero-order chi connectivity index (χ0) is 18.4. The summed E-state index contributed by atoms with van der Waals surface area (Å²) in [6.45, 7) is 10.0. The topological polar surface area (TPSA) is 51.2 Å². The van der Waals surface area contributed by atoms with Gasteiger partial charge in [0.15, 0.2) is 0 Å². The van der Waals surface area contributed by atoms with Gasteiger partial charge >= 0.3 is 0 Å². The molecule has 0 saturated heterocycles. The van der Waals surface area contributed by atoms with Crippen molar-refractivity contribution in [2.24, 2.45) is 5.41 Å². The summed E-state index contributed by atoms with van der Waals surface area (Å²) in [5.41, 5.74) is 1.73. The zero-order valence-corrected chi connectivity index (χ0v) is 15.4. The van der Waals surface area contributed by atoms with Gasteiger partial charge in [-0.25, -0.2) is 4.98 Å².